The monoisotopic (exact) mass is 284 g/mol. The summed E-state index contributed by atoms with van der Waals surface area (Å²) in [4.78, 5) is 13.9. The predicted molar refractivity (Wildman–Crippen MR) is 63.6 cm³/mol. The normalized spacial score (nSPS) is 10.9. The summed E-state index contributed by atoms with van der Waals surface area (Å²) in [6.07, 6.45) is 0.113. The maximum atomic E-state index is 13.6. The molecule has 0 spiro atoms. The minimum Gasteiger partial charge on any atom is -0.369 e. The molecule has 0 aliphatic carbocycles. The first-order chi connectivity index (χ1) is 7.49. The number of primary amides is 1. The second-order valence-corrected chi connectivity index (χ2v) is 4.60. The van der Waals surface area contributed by atoms with Crippen molar-refractivity contribution >= 4 is 32.7 Å². The van der Waals surface area contributed by atoms with Gasteiger partial charge in [-0.1, -0.05) is 15.9 Å². The van der Waals surface area contributed by atoms with E-state index < -0.39 is 5.91 Å². The Bertz CT molecular complexity index is 577. The molecule has 0 fully saturated rings. The van der Waals surface area contributed by atoms with Crippen LogP contribution in [0.4, 0.5) is 4.39 Å². The van der Waals surface area contributed by atoms with Gasteiger partial charge >= 0.3 is 0 Å². The molecule has 5 heteroatoms. The third-order valence-corrected chi connectivity index (χ3v) is 2.95. The van der Waals surface area contributed by atoms with E-state index in [-0.39, 0.29) is 12.2 Å². The number of hydrogen-bond donors (Lipinski definition) is 2. The second kappa shape index (κ2) is 3.90. The Hall–Kier alpha value is -1.36. The van der Waals surface area contributed by atoms with Gasteiger partial charge in [-0.2, -0.15) is 0 Å². The first kappa shape index (κ1) is 11.1. The fourth-order valence-electron chi connectivity index (χ4n) is 1.81. The maximum absolute atomic E-state index is 13.6. The smallest absolute Gasteiger partial charge is 0.221 e. The minimum absolute atomic E-state index is 0.113. The fourth-order valence-corrected chi connectivity index (χ4v) is 2.24. The van der Waals surface area contributed by atoms with Crippen molar-refractivity contribution in [2.24, 2.45) is 5.73 Å². The lowest BCUT2D eigenvalue weighted by Crippen LogP contribution is -2.13. The van der Waals surface area contributed by atoms with Gasteiger partial charge in [0, 0.05) is 15.6 Å². The molecule has 0 saturated heterocycles. The number of fused-ring (bicyclic) bond motifs is 1. The molecule has 0 aliphatic heterocycles. The molecule has 3 N–H and O–H groups in total. The molecule has 84 valence electrons. The summed E-state index contributed by atoms with van der Waals surface area (Å²) in [6, 6.07) is 3.16. The maximum Gasteiger partial charge on any atom is 0.221 e. The number of amides is 1. The van der Waals surface area contributed by atoms with E-state index in [1.807, 2.05) is 0 Å². The van der Waals surface area contributed by atoms with Crippen molar-refractivity contribution in [2.45, 2.75) is 13.3 Å². The molecule has 0 atom stereocenters. The minimum atomic E-state index is -0.426. The van der Waals surface area contributed by atoms with Crippen LogP contribution in [0.25, 0.3) is 10.9 Å². The van der Waals surface area contributed by atoms with Gasteiger partial charge in [-0.25, -0.2) is 4.39 Å². The number of nitrogens with two attached hydrogens (primary N) is 1. The highest BCUT2D eigenvalue weighted by Crippen LogP contribution is 2.28. The standard InChI is InChI=1S/C11H10BrFN2O/c1-5-7(4-10(14)16)8-2-6(12)3-9(13)11(8)15-5/h2-3,15H,4H2,1H3,(H2,14,16). The molecule has 16 heavy (non-hydrogen) atoms. The Morgan fingerprint density at radius 1 is 1.56 bits per heavy atom. The molecule has 2 aromatic rings. The largest absolute Gasteiger partial charge is 0.369 e. The Balaban J connectivity index is 2.73. The summed E-state index contributed by atoms with van der Waals surface area (Å²) in [5.41, 5.74) is 7.10. The van der Waals surface area contributed by atoms with Crippen LogP contribution in [0.1, 0.15) is 11.3 Å². The third-order valence-electron chi connectivity index (χ3n) is 2.50. The van der Waals surface area contributed by atoms with Gasteiger partial charge in [-0.05, 0) is 24.6 Å². The molecule has 3 nitrogen and oxygen atoms in total. The Morgan fingerprint density at radius 2 is 2.25 bits per heavy atom. The topological polar surface area (TPSA) is 58.9 Å². The number of aryl methyl sites for hydroxylation is 1. The van der Waals surface area contributed by atoms with Gasteiger partial charge < -0.3 is 10.7 Å². The number of benzene rings is 1. The summed E-state index contributed by atoms with van der Waals surface area (Å²) in [6.45, 7) is 1.80. The first-order valence-corrected chi connectivity index (χ1v) is 5.53. The predicted octanol–water partition coefficient (Wildman–Crippen LogP) is 2.41. The van der Waals surface area contributed by atoms with Gasteiger partial charge in [0.1, 0.15) is 5.82 Å². The van der Waals surface area contributed by atoms with Crippen LogP contribution in [0.15, 0.2) is 16.6 Å². The van der Waals surface area contributed by atoms with E-state index in [1.54, 1.807) is 13.0 Å². The number of aromatic amines is 1. The summed E-state index contributed by atoms with van der Waals surface area (Å²) in [7, 11) is 0. The molecule has 0 saturated carbocycles. The van der Waals surface area contributed by atoms with Crippen LogP contribution in [0.3, 0.4) is 0 Å². The van der Waals surface area contributed by atoms with E-state index in [0.717, 1.165) is 11.3 Å². The highest BCUT2D eigenvalue weighted by molar-refractivity contribution is 9.10. The lowest BCUT2D eigenvalue weighted by Gasteiger charge is -1.98. The van der Waals surface area contributed by atoms with Crippen LogP contribution in [0.5, 0.6) is 0 Å². The van der Waals surface area contributed by atoms with E-state index in [1.165, 1.54) is 6.07 Å². The quantitative estimate of drug-likeness (QED) is 0.874. The number of carbonyl (C=O) groups excluding carboxylic acids is 1. The Kier molecular flexibility index (Phi) is 2.71. The molecular formula is C11H10BrFN2O. The van der Waals surface area contributed by atoms with Crippen molar-refractivity contribution in [3.05, 3.63) is 33.7 Å². The van der Waals surface area contributed by atoms with Crippen molar-refractivity contribution in [3.8, 4) is 0 Å². The van der Waals surface area contributed by atoms with Gasteiger partial charge in [0.25, 0.3) is 0 Å². The molecule has 0 unspecified atom stereocenters. The number of rotatable bonds is 2. The summed E-state index contributed by atoms with van der Waals surface area (Å²) in [5, 5.41) is 0.697. The number of halogens is 2. The third kappa shape index (κ3) is 1.82. The molecule has 0 bridgehead atoms. The Morgan fingerprint density at radius 3 is 2.88 bits per heavy atom. The van der Waals surface area contributed by atoms with Crippen molar-refractivity contribution in [3.63, 3.8) is 0 Å². The van der Waals surface area contributed by atoms with E-state index in [4.69, 9.17) is 5.73 Å². The number of aromatic nitrogens is 1. The van der Waals surface area contributed by atoms with Gasteiger partial charge in [0.05, 0.1) is 11.9 Å². The molecule has 0 aliphatic rings. The lowest BCUT2D eigenvalue weighted by molar-refractivity contribution is -0.117. The van der Waals surface area contributed by atoms with Gasteiger partial charge in [-0.3, -0.25) is 4.79 Å². The Labute approximate surface area is 100.0 Å². The molecule has 1 aromatic heterocycles. The van der Waals surface area contributed by atoms with Gasteiger partial charge in [0.2, 0.25) is 5.91 Å². The van der Waals surface area contributed by atoms with Gasteiger partial charge in [-0.15, -0.1) is 0 Å². The van der Waals surface area contributed by atoms with E-state index in [9.17, 15) is 9.18 Å². The van der Waals surface area contributed by atoms with E-state index >= 15 is 0 Å². The second-order valence-electron chi connectivity index (χ2n) is 3.68. The van der Waals surface area contributed by atoms with Crippen LogP contribution in [-0.4, -0.2) is 10.9 Å². The van der Waals surface area contributed by atoms with E-state index in [0.29, 0.717) is 15.4 Å². The van der Waals surface area contributed by atoms with Crippen LogP contribution in [0.2, 0.25) is 0 Å². The van der Waals surface area contributed by atoms with Crippen LogP contribution >= 0.6 is 15.9 Å². The lowest BCUT2D eigenvalue weighted by atomic mass is 10.1. The fraction of sp³-hybridized carbons (Fsp3) is 0.182. The van der Waals surface area contributed by atoms with Crippen LogP contribution in [0, 0.1) is 12.7 Å². The highest BCUT2D eigenvalue weighted by Gasteiger charge is 2.14. The number of H-pyrrole nitrogens is 1. The van der Waals surface area contributed by atoms with Crippen LogP contribution < -0.4 is 5.73 Å². The number of hydrogen-bond acceptors (Lipinski definition) is 1. The number of carbonyl (C=O) groups is 1. The summed E-state index contributed by atoms with van der Waals surface area (Å²) in [5.74, 6) is -0.771. The van der Waals surface area contributed by atoms with Crippen molar-refractivity contribution in [1.82, 2.24) is 4.98 Å². The zero-order chi connectivity index (χ0) is 11.9. The zero-order valence-corrected chi connectivity index (χ0v) is 10.2. The van der Waals surface area contributed by atoms with Crippen molar-refractivity contribution in [1.29, 1.82) is 0 Å². The van der Waals surface area contributed by atoms with Crippen molar-refractivity contribution in [2.75, 3.05) is 0 Å². The number of nitrogens with one attached hydrogen (secondary N) is 1. The average Bonchev–Trinajstić information content (AvgIpc) is 2.45. The van der Waals surface area contributed by atoms with Gasteiger partial charge in [0.15, 0.2) is 0 Å². The first-order valence-electron chi connectivity index (χ1n) is 4.73. The molecule has 2 rings (SSSR count). The molecule has 1 aromatic carbocycles. The van der Waals surface area contributed by atoms with Crippen LogP contribution in [-0.2, 0) is 11.2 Å². The highest BCUT2D eigenvalue weighted by atomic mass is 79.9. The zero-order valence-electron chi connectivity index (χ0n) is 8.60. The summed E-state index contributed by atoms with van der Waals surface area (Å²) < 4.78 is 14.2. The SMILES string of the molecule is Cc1[nH]c2c(F)cc(Br)cc2c1CC(N)=O. The average molecular weight is 285 g/mol. The van der Waals surface area contributed by atoms with Crippen molar-refractivity contribution < 1.29 is 9.18 Å². The molecule has 1 heterocycles. The van der Waals surface area contributed by atoms with E-state index in [2.05, 4.69) is 20.9 Å². The summed E-state index contributed by atoms with van der Waals surface area (Å²) >= 11 is 3.22. The molecule has 1 amide bonds. The molecular weight excluding hydrogens is 275 g/mol. The molecule has 0 radical (unpaired) electrons.